The van der Waals surface area contributed by atoms with Gasteiger partial charge >= 0.3 is 0 Å². The summed E-state index contributed by atoms with van der Waals surface area (Å²) in [6, 6.07) is 18.5. The third kappa shape index (κ3) is 4.59. The average Bonchev–Trinajstić information content (AvgIpc) is 2.57. The van der Waals surface area contributed by atoms with Crippen LogP contribution in [-0.4, -0.2) is 12.5 Å². The largest absolute Gasteiger partial charge is 0.377 e. The van der Waals surface area contributed by atoms with E-state index in [1.54, 1.807) is 6.92 Å². The predicted octanol–water partition coefficient (Wildman–Crippen LogP) is 5.01. The van der Waals surface area contributed by atoms with Crippen LogP contribution in [0.5, 0.6) is 0 Å². The summed E-state index contributed by atoms with van der Waals surface area (Å²) in [5, 5.41) is 3.54. The highest BCUT2D eigenvalue weighted by Gasteiger charge is 2.16. The molecule has 1 atom stereocenters. The number of rotatable bonds is 7. The van der Waals surface area contributed by atoms with Crippen molar-refractivity contribution in [1.29, 1.82) is 0 Å². The van der Waals surface area contributed by atoms with Crippen LogP contribution in [0.15, 0.2) is 54.6 Å². The first-order valence-electron chi connectivity index (χ1n) is 8.32. The summed E-state index contributed by atoms with van der Waals surface area (Å²) in [6.45, 7) is 6.66. The highest BCUT2D eigenvalue weighted by molar-refractivity contribution is 5.95. The van der Waals surface area contributed by atoms with Gasteiger partial charge in [-0.05, 0) is 31.0 Å². The van der Waals surface area contributed by atoms with Crippen LogP contribution >= 0.6 is 0 Å². The zero-order valence-corrected chi connectivity index (χ0v) is 14.3. The Morgan fingerprint density at radius 1 is 1.09 bits per heavy atom. The molecular formula is C20H26N2O. The standard InChI is InChI=1S/C20H26N2O/c1-4-5-15-22(17(3)23)20-14-10-9-13-19(20)21-16(2)18-11-7-6-8-12-18/h6-14,16,21H,4-5,15H2,1-3H3/t16-/m0/s1. The van der Waals surface area contributed by atoms with E-state index in [9.17, 15) is 4.79 Å². The summed E-state index contributed by atoms with van der Waals surface area (Å²) in [6.07, 6.45) is 2.07. The number of nitrogens with one attached hydrogen (secondary N) is 1. The number of carbonyl (C=O) groups excluding carboxylic acids is 1. The lowest BCUT2D eigenvalue weighted by molar-refractivity contribution is -0.116. The molecular weight excluding hydrogens is 284 g/mol. The topological polar surface area (TPSA) is 32.3 Å². The first-order valence-corrected chi connectivity index (χ1v) is 8.32. The molecule has 122 valence electrons. The molecule has 0 radical (unpaired) electrons. The Hall–Kier alpha value is -2.29. The Balaban J connectivity index is 2.24. The molecule has 0 spiro atoms. The van der Waals surface area contributed by atoms with Crippen LogP contribution in [-0.2, 0) is 4.79 Å². The van der Waals surface area contributed by atoms with Crippen molar-refractivity contribution in [3.05, 3.63) is 60.2 Å². The molecule has 1 N–H and O–H groups in total. The number of anilines is 2. The quantitative estimate of drug-likeness (QED) is 0.779. The number of hydrogen-bond acceptors (Lipinski definition) is 2. The first kappa shape index (κ1) is 17.1. The Labute approximate surface area is 139 Å². The maximum Gasteiger partial charge on any atom is 0.223 e. The van der Waals surface area contributed by atoms with Gasteiger partial charge in [-0.2, -0.15) is 0 Å². The van der Waals surface area contributed by atoms with Gasteiger partial charge in [0, 0.05) is 19.5 Å². The van der Waals surface area contributed by atoms with Gasteiger partial charge in [-0.25, -0.2) is 0 Å². The molecule has 2 aromatic carbocycles. The van der Waals surface area contributed by atoms with Gasteiger partial charge in [-0.1, -0.05) is 55.8 Å². The number of amides is 1. The van der Waals surface area contributed by atoms with Crippen LogP contribution < -0.4 is 10.2 Å². The molecule has 0 bridgehead atoms. The molecule has 0 fully saturated rings. The highest BCUT2D eigenvalue weighted by Crippen LogP contribution is 2.29. The average molecular weight is 310 g/mol. The lowest BCUT2D eigenvalue weighted by Crippen LogP contribution is -2.30. The lowest BCUT2D eigenvalue weighted by Gasteiger charge is -2.26. The third-order valence-corrected chi connectivity index (χ3v) is 3.98. The molecule has 0 saturated carbocycles. The van der Waals surface area contributed by atoms with E-state index in [1.165, 1.54) is 5.56 Å². The van der Waals surface area contributed by atoms with Crippen molar-refractivity contribution in [3.8, 4) is 0 Å². The summed E-state index contributed by atoms with van der Waals surface area (Å²) in [5.74, 6) is 0.0834. The van der Waals surface area contributed by atoms with Gasteiger partial charge in [-0.3, -0.25) is 4.79 Å². The molecule has 0 saturated heterocycles. The fourth-order valence-electron chi connectivity index (χ4n) is 2.65. The van der Waals surface area contributed by atoms with Crippen molar-refractivity contribution in [1.82, 2.24) is 0 Å². The summed E-state index contributed by atoms with van der Waals surface area (Å²) >= 11 is 0. The van der Waals surface area contributed by atoms with Crippen molar-refractivity contribution in [3.63, 3.8) is 0 Å². The van der Waals surface area contributed by atoms with Gasteiger partial charge in [0.05, 0.1) is 11.4 Å². The second-order valence-electron chi connectivity index (χ2n) is 5.82. The Kier molecular flexibility index (Phi) is 6.21. The van der Waals surface area contributed by atoms with E-state index in [0.717, 1.165) is 30.8 Å². The van der Waals surface area contributed by atoms with Crippen LogP contribution in [0, 0.1) is 0 Å². The minimum absolute atomic E-state index is 0.0834. The molecule has 2 rings (SSSR count). The summed E-state index contributed by atoms with van der Waals surface area (Å²) in [4.78, 5) is 13.9. The second kappa shape index (κ2) is 8.37. The van der Waals surface area contributed by atoms with E-state index in [0.29, 0.717) is 0 Å². The zero-order chi connectivity index (χ0) is 16.7. The second-order valence-corrected chi connectivity index (χ2v) is 5.82. The fourth-order valence-corrected chi connectivity index (χ4v) is 2.65. The van der Waals surface area contributed by atoms with Crippen LogP contribution in [0.4, 0.5) is 11.4 Å². The van der Waals surface area contributed by atoms with Crippen molar-refractivity contribution in [2.45, 2.75) is 39.7 Å². The highest BCUT2D eigenvalue weighted by atomic mass is 16.2. The van der Waals surface area contributed by atoms with Crippen LogP contribution in [0.25, 0.3) is 0 Å². The molecule has 0 aromatic heterocycles. The summed E-state index contributed by atoms with van der Waals surface area (Å²) in [5.41, 5.74) is 3.18. The number of unbranched alkanes of at least 4 members (excludes halogenated alkanes) is 1. The van der Waals surface area contributed by atoms with E-state index in [-0.39, 0.29) is 11.9 Å². The number of carbonyl (C=O) groups is 1. The Bertz CT molecular complexity index is 625. The molecule has 0 unspecified atom stereocenters. The van der Waals surface area contributed by atoms with Gasteiger partial charge in [0.1, 0.15) is 0 Å². The van der Waals surface area contributed by atoms with E-state index in [2.05, 4.69) is 31.3 Å². The minimum Gasteiger partial charge on any atom is -0.377 e. The zero-order valence-electron chi connectivity index (χ0n) is 14.3. The van der Waals surface area contributed by atoms with E-state index in [1.807, 2.05) is 47.4 Å². The van der Waals surface area contributed by atoms with Gasteiger partial charge in [0.2, 0.25) is 5.91 Å². The molecule has 0 heterocycles. The molecule has 3 nitrogen and oxygen atoms in total. The fraction of sp³-hybridized carbons (Fsp3) is 0.350. The third-order valence-electron chi connectivity index (χ3n) is 3.98. The normalized spacial score (nSPS) is 11.8. The number of para-hydroxylation sites is 2. The smallest absolute Gasteiger partial charge is 0.223 e. The van der Waals surface area contributed by atoms with Crippen molar-refractivity contribution in [2.24, 2.45) is 0 Å². The van der Waals surface area contributed by atoms with Crippen molar-refractivity contribution >= 4 is 17.3 Å². The van der Waals surface area contributed by atoms with Gasteiger partial charge < -0.3 is 10.2 Å². The van der Waals surface area contributed by atoms with Crippen LogP contribution in [0.3, 0.4) is 0 Å². The summed E-state index contributed by atoms with van der Waals surface area (Å²) in [7, 11) is 0. The minimum atomic E-state index is 0.0834. The molecule has 23 heavy (non-hydrogen) atoms. The molecule has 3 heteroatoms. The predicted molar refractivity (Wildman–Crippen MR) is 97.9 cm³/mol. The molecule has 0 aliphatic carbocycles. The number of benzene rings is 2. The van der Waals surface area contributed by atoms with E-state index in [4.69, 9.17) is 0 Å². The molecule has 0 aliphatic rings. The van der Waals surface area contributed by atoms with Gasteiger partial charge in [0.15, 0.2) is 0 Å². The maximum atomic E-state index is 12.1. The van der Waals surface area contributed by atoms with Crippen LogP contribution in [0.1, 0.15) is 45.2 Å². The molecule has 2 aromatic rings. The molecule has 1 amide bonds. The molecule has 0 aliphatic heterocycles. The maximum absolute atomic E-state index is 12.1. The van der Waals surface area contributed by atoms with E-state index < -0.39 is 0 Å². The number of hydrogen-bond donors (Lipinski definition) is 1. The van der Waals surface area contributed by atoms with Crippen molar-refractivity contribution < 1.29 is 4.79 Å². The number of nitrogens with zero attached hydrogens (tertiary/aromatic N) is 1. The summed E-state index contributed by atoms with van der Waals surface area (Å²) < 4.78 is 0. The Morgan fingerprint density at radius 3 is 2.39 bits per heavy atom. The monoisotopic (exact) mass is 310 g/mol. The lowest BCUT2D eigenvalue weighted by atomic mass is 10.1. The SMILES string of the molecule is CCCCN(C(C)=O)c1ccccc1N[C@@H](C)c1ccccc1. The van der Waals surface area contributed by atoms with Crippen molar-refractivity contribution in [2.75, 3.05) is 16.8 Å². The van der Waals surface area contributed by atoms with Gasteiger partial charge in [0.25, 0.3) is 0 Å². The first-order chi connectivity index (χ1) is 11.1. The Morgan fingerprint density at radius 2 is 1.74 bits per heavy atom. The van der Waals surface area contributed by atoms with Crippen LogP contribution in [0.2, 0.25) is 0 Å². The van der Waals surface area contributed by atoms with E-state index >= 15 is 0 Å². The van der Waals surface area contributed by atoms with Gasteiger partial charge in [-0.15, -0.1) is 0 Å².